The van der Waals surface area contributed by atoms with E-state index in [4.69, 9.17) is 14.0 Å². The number of nitrogens with zero attached hydrogens (tertiary/aromatic N) is 3. The van der Waals surface area contributed by atoms with Gasteiger partial charge in [-0.1, -0.05) is 32.0 Å². The minimum absolute atomic E-state index is 0.0337. The maximum atomic E-state index is 13.0. The Labute approximate surface area is 319 Å². The zero-order chi connectivity index (χ0) is 40.3. The number of thiophene rings is 1. The van der Waals surface area contributed by atoms with Crippen LogP contribution in [0.5, 0.6) is 11.5 Å². The number of benzene rings is 2. The van der Waals surface area contributed by atoms with Gasteiger partial charge in [0.25, 0.3) is 0 Å². The number of amides is 2. The molecule has 14 nitrogen and oxygen atoms in total. The zero-order valence-electron chi connectivity index (χ0n) is 31.7. The van der Waals surface area contributed by atoms with Crippen LogP contribution in [0.1, 0.15) is 54.2 Å². The molecule has 3 aromatic heterocycles. The van der Waals surface area contributed by atoms with Gasteiger partial charge in [0.1, 0.15) is 32.5 Å². The fraction of sp³-hybridized carbons (Fsp3) is 0.351. The number of nitrogens with one attached hydrogen (secondary N) is 2. The Bertz CT molecular complexity index is 2300. The van der Waals surface area contributed by atoms with Crippen LogP contribution in [0.2, 0.25) is 0 Å². The summed E-state index contributed by atoms with van der Waals surface area (Å²) in [5.41, 5.74) is 1.11. The first-order chi connectivity index (χ1) is 25.1. The summed E-state index contributed by atoms with van der Waals surface area (Å²) in [6.07, 6.45) is 0. The third kappa shape index (κ3) is 8.69. The number of aromatic nitrogens is 3. The molecule has 5 aromatic rings. The van der Waals surface area contributed by atoms with Gasteiger partial charge in [0.2, 0.25) is 17.7 Å². The highest BCUT2D eigenvalue weighted by atomic mass is 32.2. The lowest BCUT2D eigenvalue weighted by atomic mass is 9.92. The predicted molar refractivity (Wildman–Crippen MR) is 208 cm³/mol. The number of aryl methyl sites for hydroxylation is 1. The summed E-state index contributed by atoms with van der Waals surface area (Å²) in [5, 5.41) is 15.4. The number of carbonyl (C=O) groups excluding carboxylic acids is 2. The summed E-state index contributed by atoms with van der Waals surface area (Å²) in [6, 6.07) is 19.0. The van der Waals surface area contributed by atoms with E-state index in [1.165, 1.54) is 94.3 Å². The van der Waals surface area contributed by atoms with Gasteiger partial charge in [0.05, 0.1) is 34.6 Å². The van der Waals surface area contributed by atoms with Crippen molar-refractivity contribution in [3.8, 4) is 22.1 Å². The first kappa shape index (κ1) is 41.8. The average Bonchev–Trinajstić information content (AvgIpc) is 3.91. The van der Waals surface area contributed by atoms with Crippen LogP contribution in [0.15, 0.2) is 92.5 Å². The lowest BCUT2D eigenvalue weighted by Crippen LogP contribution is -2.44. The molecule has 0 fully saturated rings. The Morgan fingerprint density at radius 3 is 1.63 bits per heavy atom. The van der Waals surface area contributed by atoms with Gasteiger partial charge in [0, 0.05) is 24.6 Å². The minimum atomic E-state index is -3.93. The van der Waals surface area contributed by atoms with Gasteiger partial charge in [-0.15, -0.1) is 11.3 Å². The number of anilines is 2. The molecule has 0 radical (unpaired) electrons. The summed E-state index contributed by atoms with van der Waals surface area (Å²) in [6.45, 7) is 11.3. The van der Waals surface area contributed by atoms with Gasteiger partial charge in [-0.05, 0) is 87.7 Å². The number of sulfone groups is 2. The van der Waals surface area contributed by atoms with Gasteiger partial charge < -0.3 is 19.3 Å². The molecule has 2 N–H and O–H groups in total. The van der Waals surface area contributed by atoms with Crippen LogP contribution < -0.4 is 20.1 Å². The molecular weight excluding hydrogens is 755 g/mol. The molecule has 0 saturated carbocycles. The van der Waals surface area contributed by atoms with Crippen LogP contribution in [-0.2, 0) is 41.7 Å². The molecule has 2 amide bonds. The van der Waals surface area contributed by atoms with Gasteiger partial charge in [-0.2, -0.15) is 5.10 Å². The molecule has 54 heavy (non-hydrogen) atoms. The predicted octanol–water partition coefficient (Wildman–Crippen LogP) is 6.52. The van der Waals surface area contributed by atoms with Crippen LogP contribution >= 0.6 is 11.3 Å². The molecule has 0 unspecified atom stereocenters. The first-order valence-electron chi connectivity index (χ1n) is 16.5. The Morgan fingerprint density at radius 2 is 1.22 bits per heavy atom. The van der Waals surface area contributed by atoms with E-state index in [9.17, 15) is 26.4 Å². The van der Waals surface area contributed by atoms with E-state index in [2.05, 4.69) is 20.9 Å². The standard InChI is InChI=1S/C19H21N3O4S2.C18H24N2O5S/c1-19(2,28(24,25)14-9-7-13(26-4)8-10-14)18(23)20-17-12-15(21-22(17)3)16-6-5-11-27-16;1-17(2,3)14-11-15(25-20-14)19-16(21)18(4,5)26(22,23)13-9-7-12(24-6)8-10-13/h5-12H,1-4H3,(H,20,23);7-11H,1-6H3,(H,19,21). The molecule has 0 aliphatic rings. The number of rotatable bonds is 11. The molecule has 3 heterocycles. The van der Waals surface area contributed by atoms with Crippen LogP contribution in [0.25, 0.3) is 10.6 Å². The highest BCUT2D eigenvalue weighted by Gasteiger charge is 2.44. The molecule has 290 valence electrons. The zero-order valence-corrected chi connectivity index (χ0v) is 34.2. The second-order valence-electron chi connectivity index (χ2n) is 14.1. The molecule has 0 spiro atoms. The van der Waals surface area contributed by atoms with Gasteiger partial charge in [0.15, 0.2) is 19.7 Å². The molecule has 17 heteroatoms. The maximum absolute atomic E-state index is 13.0. The number of methoxy groups -OCH3 is 2. The molecule has 0 saturated heterocycles. The molecule has 5 rings (SSSR count). The third-order valence-corrected chi connectivity index (χ3v) is 14.3. The summed E-state index contributed by atoms with van der Waals surface area (Å²) >= 11 is 1.53. The van der Waals surface area contributed by atoms with Crippen molar-refractivity contribution < 1.29 is 40.4 Å². The van der Waals surface area contributed by atoms with Crippen molar-refractivity contribution in [3.63, 3.8) is 0 Å². The van der Waals surface area contributed by atoms with E-state index in [0.29, 0.717) is 28.7 Å². The minimum Gasteiger partial charge on any atom is -0.497 e. The van der Waals surface area contributed by atoms with E-state index >= 15 is 0 Å². The van der Waals surface area contributed by atoms with Crippen molar-refractivity contribution in [2.24, 2.45) is 7.05 Å². The van der Waals surface area contributed by atoms with Crippen LogP contribution in [0.3, 0.4) is 0 Å². The van der Waals surface area contributed by atoms with E-state index < -0.39 is 41.0 Å². The lowest BCUT2D eigenvalue weighted by Gasteiger charge is -2.24. The van der Waals surface area contributed by atoms with Crippen LogP contribution in [0, 0.1) is 0 Å². The van der Waals surface area contributed by atoms with E-state index in [1.807, 2.05) is 38.3 Å². The number of hydrogen-bond donors (Lipinski definition) is 2. The summed E-state index contributed by atoms with van der Waals surface area (Å²) in [5.74, 6) is 0.262. The van der Waals surface area contributed by atoms with E-state index in [0.717, 1.165) is 4.88 Å². The maximum Gasteiger partial charge on any atom is 0.248 e. The summed E-state index contributed by atoms with van der Waals surface area (Å²) < 4.78 is 65.2. The van der Waals surface area contributed by atoms with Crippen molar-refractivity contribution in [3.05, 3.63) is 83.9 Å². The molecule has 2 aromatic carbocycles. The summed E-state index contributed by atoms with van der Waals surface area (Å²) in [7, 11) is -3.18. The van der Waals surface area contributed by atoms with Crippen molar-refractivity contribution >= 4 is 54.5 Å². The van der Waals surface area contributed by atoms with Gasteiger partial charge in [-0.3, -0.25) is 19.6 Å². The summed E-state index contributed by atoms with van der Waals surface area (Å²) in [4.78, 5) is 26.6. The third-order valence-electron chi connectivity index (χ3n) is 8.59. The first-order valence-corrected chi connectivity index (χ1v) is 20.4. The quantitative estimate of drug-likeness (QED) is 0.148. The van der Waals surface area contributed by atoms with E-state index in [1.54, 1.807) is 31.3 Å². The van der Waals surface area contributed by atoms with Crippen molar-refractivity contribution in [1.82, 2.24) is 14.9 Å². The molecule has 0 aliphatic carbocycles. The topological polar surface area (TPSA) is 189 Å². The fourth-order valence-corrected chi connectivity index (χ4v) is 8.13. The van der Waals surface area contributed by atoms with Crippen LogP contribution in [0.4, 0.5) is 11.7 Å². The highest BCUT2D eigenvalue weighted by Crippen LogP contribution is 2.32. The Balaban J connectivity index is 0.000000241. The van der Waals surface area contributed by atoms with E-state index in [-0.39, 0.29) is 21.1 Å². The van der Waals surface area contributed by atoms with Crippen molar-refractivity contribution in [1.29, 1.82) is 0 Å². The number of carbonyl (C=O) groups is 2. The Hall–Kier alpha value is -5.00. The highest BCUT2D eigenvalue weighted by molar-refractivity contribution is 7.94. The molecule has 0 aliphatic heterocycles. The van der Waals surface area contributed by atoms with Crippen LogP contribution in [-0.4, -0.2) is 67.3 Å². The average molecular weight is 800 g/mol. The Kier molecular flexibility index (Phi) is 12.2. The largest absolute Gasteiger partial charge is 0.497 e. The van der Waals surface area contributed by atoms with Crippen molar-refractivity contribution in [2.45, 2.75) is 73.2 Å². The van der Waals surface area contributed by atoms with Crippen molar-refractivity contribution in [2.75, 3.05) is 24.9 Å². The number of ether oxygens (including phenoxy) is 2. The second-order valence-corrected chi connectivity index (χ2v) is 20.1. The fourth-order valence-electron chi connectivity index (χ4n) is 4.69. The smallest absolute Gasteiger partial charge is 0.248 e. The van der Waals surface area contributed by atoms with Gasteiger partial charge in [-0.25, -0.2) is 16.8 Å². The number of hydrogen-bond acceptors (Lipinski definition) is 12. The normalized spacial score (nSPS) is 12.3. The SMILES string of the molecule is COc1ccc(S(=O)(=O)C(C)(C)C(=O)Nc2cc(-c3cccs3)nn2C)cc1.COc1ccc(S(=O)(=O)C(C)(C)C(=O)Nc2cc(C(C)(C)C)no2)cc1. The lowest BCUT2D eigenvalue weighted by molar-refractivity contribution is -0.118. The monoisotopic (exact) mass is 799 g/mol. The molecule has 0 atom stereocenters. The second kappa shape index (κ2) is 15.8. The molecular formula is C37H45N5O9S3. The van der Waals surface area contributed by atoms with Gasteiger partial charge >= 0.3 is 0 Å². The molecule has 0 bridgehead atoms. The Morgan fingerprint density at radius 1 is 0.741 bits per heavy atom.